The molecule has 1 fully saturated rings. The Labute approximate surface area is 132 Å². The van der Waals surface area contributed by atoms with Crippen LogP contribution in [-0.4, -0.2) is 63.9 Å². The van der Waals surface area contributed by atoms with Gasteiger partial charge >= 0.3 is 0 Å². The summed E-state index contributed by atoms with van der Waals surface area (Å²) in [4.78, 5) is 14.6. The van der Waals surface area contributed by atoms with Gasteiger partial charge in [-0.1, -0.05) is 12.1 Å². The van der Waals surface area contributed by atoms with E-state index in [2.05, 4.69) is 16.3 Å². The zero-order chi connectivity index (χ0) is 15.8. The van der Waals surface area contributed by atoms with Gasteiger partial charge in [0.05, 0.1) is 19.8 Å². The number of amides is 1. The van der Waals surface area contributed by atoms with E-state index in [9.17, 15) is 4.79 Å². The van der Waals surface area contributed by atoms with Crippen molar-refractivity contribution in [2.24, 2.45) is 0 Å². The second kappa shape index (κ2) is 8.88. The van der Waals surface area contributed by atoms with Crippen molar-refractivity contribution in [2.75, 3.05) is 53.1 Å². The Balaban J connectivity index is 1.92. The first-order chi connectivity index (χ1) is 10.7. The van der Waals surface area contributed by atoms with Gasteiger partial charge in [-0.2, -0.15) is 0 Å². The van der Waals surface area contributed by atoms with E-state index < -0.39 is 0 Å². The lowest BCUT2D eigenvalue weighted by molar-refractivity contribution is 0.0384. The van der Waals surface area contributed by atoms with E-state index in [4.69, 9.17) is 9.47 Å². The Hall–Kier alpha value is -1.43. The average Bonchev–Trinajstić information content (AvgIpc) is 2.55. The lowest BCUT2D eigenvalue weighted by atomic mass is 10.0. The second-order valence-electron chi connectivity index (χ2n) is 5.60. The molecule has 1 aromatic rings. The molecule has 22 heavy (non-hydrogen) atoms. The molecular formula is C17H26N2O3. The van der Waals surface area contributed by atoms with Gasteiger partial charge in [0.2, 0.25) is 0 Å². The number of hydrogen-bond acceptors (Lipinski definition) is 4. The minimum absolute atomic E-state index is 0.0252. The van der Waals surface area contributed by atoms with E-state index in [0.717, 1.165) is 50.4 Å². The van der Waals surface area contributed by atoms with Crippen molar-refractivity contribution < 1.29 is 14.3 Å². The van der Waals surface area contributed by atoms with Crippen LogP contribution in [-0.2, 0) is 15.9 Å². The summed E-state index contributed by atoms with van der Waals surface area (Å²) in [5.41, 5.74) is 2.97. The Bertz CT molecular complexity index is 485. The monoisotopic (exact) mass is 306 g/mol. The number of ether oxygens (including phenoxy) is 2. The van der Waals surface area contributed by atoms with Crippen molar-refractivity contribution in [3.63, 3.8) is 0 Å². The number of methoxy groups -OCH3 is 1. The Morgan fingerprint density at radius 3 is 2.86 bits per heavy atom. The fourth-order valence-corrected chi connectivity index (χ4v) is 2.54. The van der Waals surface area contributed by atoms with Crippen molar-refractivity contribution >= 4 is 5.91 Å². The van der Waals surface area contributed by atoms with Crippen molar-refractivity contribution in [1.82, 2.24) is 10.2 Å². The summed E-state index contributed by atoms with van der Waals surface area (Å²) in [7, 11) is 1.63. The SMILES string of the molecule is COCCNC(=O)c1cc(CCN2CCOCC2)ccc1C. The molecule has 1 aliphatic heterocycles. The minimum atomic E-state index is -0.0252. The summed E-state index contributed by atoms with van der Waals surface area (Å²) in [5.74, 6) is -0.0252. The Kier molecular flexibility index (Phi) is 6.83. The van der Waals surface area contributed by atoms with E-state index in [1.165, 1.54) is 5.56 Å². The molecule has 1 aliphatic rings. The van der Waals surface area contributed by atoms with Gasteiger partial charge in [0, 0.05) is 38.9 Å². The highest BCUT2D eigenvalue weighted by molar-refractivity contribution is 5.95. The van der Waals surface area contributed by atoms with E-state index in [0.29, 0.717) is 13.2 Å². The number of benzene rings is 1. The molecule has 0 atom stereocenters. The molecule has 5 nitrogen and oxygen atoms in total. The quantitative estimate of drug-likeness (QED) is 0.770. The van der Waals surface area contributed by atoms with Crippen LogP contribution in [0.15, 0.2) is 18.2 Å². The fraction of sp³-hybridized carbons (Fsp3) is 0.588. The number of aryl methyl sites for hydroxylation is 1. The maximum atomic E-state index is 12.2. The third kappa shape index (κ3) is 5.09. The molecule has 0 bridgehead atoms. The molecule has 1 heterocycles. The van der Waals surface area contributed by atoms with Crippen molar-refractivity contribution in [1.29, 1.82) is 0 Å². The number of morpholine rings is 1. The number of nitrogens with zero attached hydrogens (tertiary/aromatic N) is 1. The average molecular weight is 306 g/mol. The molecule has 1 aromatic carbocycles. The third-order valence-electron chi connectivity index (χ3n) is 3.96. The summed E-state index contributed by atoms with van der Waals surface area (Å²) in [5, 5.41) is 2.88. The number of carbonyl (C=O) groups excluding carboxylic acids is 1. The number of nitrogens with one attached hydrogen (secondary N) is 1. The number of hydrogen-bond donors (Lipinski definition) is 1. The Morgan fingerprint density at radius 2 is 2.14 bits per heavy atom. The summed E-state index contributed by atoms with van der Waals surface area (Å²) in [6, 6.07) is 6.15. The van der Waals surface area contributed by atoms with Crippen LogP contribution in [0.4, 0.5) is 0 Å². The van der Waals surface area contributed by atoms with Gasteiger partial charge in [-0.05, 0) is 30.5 Å². The molecule has 0 unspecified atom stereocenters. The number of carbonyl (C=O) groups is 1. The first kappa shape index (κ1) is 16.9. The van der Waals surface area contributed by atoms with Gasteiger partial charge in [-0.3, -0.25) is 9.69 Å². The molecular weight excluding hydrogens is 280 g/mol. The first-order valence-corrected chi connectivity index (χ1v) is 7.87. The smallest absolute Gasteiger partial charge is 0.251 e. The molecule has 0 spiro atoms. The molecule has 1 amide bonds. The third-order valence-corrected chi connectivity index (χ3v) is 3.96. The molecule has 122 valence electrons. The molecule has 0 radical (unpaired) electrons. The van der Waals surface area contributed by atoms with Crippen LogP contribution in [0.3, 0.4) is 0 Å². The molecule has 0 saturated carbocycles. The van der Waals surface area contributed by atoms with Gasteiger partial charge in [0.15, 0.2) is 0 Å². The predicted molar refractivity (Wildman–Crippen MR) is 86.4 cm³/mol. The predicted octanol–water partition coefficient (Wildman–Crippen LogP) is 1.25. The van der Waals surface area contributed by atoms with Gasteiger partial charge in [-0.25, -0.2) is 0 Å². The topological polar surface area (TPSA) is 50.8 Å². The van der Waals surface area contributed by atoms with Crippen LogP contribution in [0.25, 0.3) is 0 Å². The zero-order valence-corrected chi connectivity index (χ0v) is 13.6. The normalized spacial score (nSPS) is 15.7. The van der Waals surface area contributed by atoms with E-state index in [1.807, 2.05) is 19.1 Å². The van der Waals surface area contributed by atoms with E-state index in [1.54, 1.807) is 7.11 Å². The van der Waals surface area contributed by atoms with Crippen LogP contribution >= 0.6 is 0 Å². The fourth-order valence-electron chi connectivity index (χ4n) is 2.54. The maximum Gasteiger partial charge on any atom is 0.251 e. The summed E-state index contributed by atoms with van der Waals surface area (Å²) in [6.45, 7) is 7.68. The van der Waals surface area contributed by atoms with Crippen LogP contribution in [0, 0.1) is 6.92 Å². The largest absolute Gasteiger partial charge is 0.383 e. The molecule has 1 N–H and O–H groups in total. The van der Waals surface area contributed by atoms with Crippen LogP contribution in [0.5, 0.6) is 0 Å². The van der Waals surface area contributed by atoms with E-state index >= 15 is 0 Å². The lowest BCUT2D eigenvalue weighted by Gasteiger charge is -2.26. The zero-order valence-electron chi connectivity index (χ0n) is 13.6. The highest BCUT2D eigenvalue weighted by Gasteiger charge is 2.12. The van der Waals surface area contributed by atoms with Crippen molar-refractivity contribution in [2.45, 2.75) is 13.3 Å². The lowest BCUT2D eigenvalue weighted by Crippen LogP contribution is -2.37. The molecule has 5 heteroatoms. The summed E-state index contributed by atoms with van der Waals surface area (Å²) >= 11 is 0. The minimum Gasteiger partial charge on any atom is -0.383 e. The summed E-state index contributed by atoms with van der Waals surface area (Å²) < 4.78 is 10.3. The molecule has 0 aromatic heterocycles. The van der Waals surface area contributed by atoms with Gasteiger partial charge in [0.25, 0.3) is 5.91 Å². The van der Waals surface area contributed by atoms with Crippen molar-refractivity contribution in [3.8, 4) is 0 Å². The number of rotatable bonds is 7. The van der Waals surface area contributed by atoms with Gasteiger partial charge in [0.1, 0.15) is 0 Å². The highest BCUT2D eigenvalue weighted by Crippen LogP contribution is 2.12. The van der Waals surface area contributed by atoms with Crippen LogP contribution in [0.2, 0.25) is 0 Å². The van der Waals surface area contributed by atoms with Gasteiger partial charge in [-0.15, -0.1) is 0 Å². The van der Waals surface area contributed by atoms with Crippen LogP contribution < -0.4 is 5.32 Å². The molecule has 0 aliphatic carbocycles. The van der Waals surface area contributed by atoms with Crippen LogP contribution in [0.1, 0.15) is 21.5 Å². The first-order valence-electron chi connectivity index (χ1n) is 7.87. The van der Waals surface area contributed by atoms with Gasteiger partial charge < -0.3 is 14.8 Å². The van der Waals surface area contributed by atoms with Crippen molar-refractivity contribution in [3.05, 3.63) is 34.9 Å². The second-order valence-corrected chi connectivity index (χ2v) is 5.60. The Morgan fingerprint density at radius 1 is 1.36 bits per heavy atom. The highest BCUT2D eigenvalue weighted by atomic mass is 16.5. The maximum absolute atomic E-state index is 12.2. The molecule has 2 rings (SSSR count). The summed E-state index contributed by atoms with van der Waals surface area (Å²) in [6.07, 6.45) is 0.957. The molecule has 1 saturated heterocycles. The standard InChI is InChI=1S/C17H26N2O3/c1-14-3-4-15(5-7-19-8-11-22-12-9-19)13-16(14)17(20)18-6-10-21-2/h3-4,13H,5-12H2,1-2H3,(H,18,20). The van der Waals surface area contributed by atoms with E-state index in [-0.39, 0.29) is 5.91 Å².